The van der Waals surface area contributed by atoms with Crippen molar-refractivity contribution < 1.29 is 0 Å². The minimum absolute atomic E-state index is 0.442. The van der Waals surface area contributed by atoms with Gasteiger partial charge in [-0.2, -0.15) is 0 Å². The Bertz CT molecular complexity index is 619. The molecule has 0 radical (unpaired) electrons. The van der Waals surface area contributed by atoms with Crippen LogP contribution in [0.15, 0.2) is 23.7 Å². The average Bonchev–Trinajstić information content (AvgIpc) is 2.96. The molecule has 3 heterocycles. The third-order valence-electron chi connectivity index (χ3n) is 2.49. The molecular formula is C10H11N5S. The van der Waals surface area contributed by atoms with E-state index in [0.717, 1.165) is 22.2 Å². The first-order valence-electron chi connectivity index (χ1n) is 4.94. The molecule has 82 valence electrons. The lowest BCUT2D eigenvalue weighted by atomic mass is 10.4. The van der Waals surface area contributed by atoms with Crippen LogP contribution in [-0.2, 0) is 13.6 Å². The molecule has 5 nitrogen and oxygen atoms in total. The number of nitrogens with zero attached hydrogens (tertiary/aromatic N) is 4. The summed E-state index contributed by atoms with van der Waals surface area (Å²) in [7, 11) is 1.96. The molecule has 3 aromatic heterocycles. The van der Waals surface area contributed by atoms with Crippen LogP contribution in [0.5, 0.6) is 0 Å². The highest BCUT2D eigenvalue weighted by atomic mass is 32.1. The third kappa shape index (κ3) is 1.27. The van der Waals surface area contributed by atoms with Crippen LogP contribution in [0, 0.1) is 0 Å². The van der Waals surface area contributed by atoms with Gasteiger partial charge in [-0.05, 0) is 11.4 Å². The van der Waals surface area contributed by atoms with Gasteiger partial charge in [0.2, 0.25) is 5.78 Å². The summed E-state index contributed by atoms with van der Waals surface area (Å²) in [5, 5.41) is 6.54. The summed E-state index contributed by atoms with van der Waals surface area (Å²) in [5.74, 6) is 1.75. The standard InChI is InChI=1S/C10H11N5S/c1-14-9(8-3-2-4-16-8)13-15-6-7(5-11)12-10(14)15/h2-4,6H,5,11H2,1H3. The largest absolute Gasteiger partial charge is 0.325 e. The topological polar surface area (TPSA) is 61.1 Å². The van der Waals surface area contributed by atoms with Crippen LogP contribution in [0.2, 0.25) is 0 Å². The fourth-order valence-corrected chi connectivity index (χ4v) is 2.44. The number of imidazole rings is 1. The lowest BCUT2D eigenvalue weighted by Gasteiger charge is -1.95. The van der Waals surface area contributed by atoms with Crippen LogP contribution in [0.4, 0.5) is 0 Å². The summed E-state index contributed by atoms with van der Waals surface area (Å²) in [6.45, 7) is 0.442. The van der Waals surface area contributed by atoms with Crippen LogP contribution in [0.3, 0.4) is 0 Å². The molecule has 0 aliphatic carbocycles. The Balaban J connectivity index is 2.21. The van der Waals surface area contributed by atoms with Gasteiger partial charge in [0.05, 0.1) is 16.8 Å². The zero-order valence-corrected chi connectivity index (χ0v) is 9.61. The molecule has 3 rings (SSSR count). The zero-order chi connectivity index (χ0) is 11.1. The fourth-order valence-electron chi connectivity index (χ4n) is 1.69. The molecule has 0 saturated heterocycles. The van der Waals surface area contributed by atoms with Crippen molar-refractivity contribution in [2.24, 2.45) is 12.8 Å². The highest BCUT2D eigenvalue weighted by Gasteiger charge is 2.12. The highest BCUT2D eigenvalue weighted by molar-refractivity contribution is 7.13. The van der Waals surface area contributed by atoms with Crippen molar-refractivity contribution in [3.8, 4) is 10.7 Å². The molecule has 0 fully saturated rings. The predicted molar refractivity (Wildman–Crippen MR) is 63.2 cm³/mol. The molecule has 0 bridgehead atoms. The van der Waals surface area contributed by atoms with Gasteiger partial charge in [0.15, 0.2) is 5.82 Å². The van der Waals surface area contributed by atoms with Crippen LogP contribution < -0.4 is 5.73 Å². The van der Waals surface area contributed by atoms with Gasteiger partial charge >= 0.3 is 0 Å². The third-order valence-corrected chi connectivity index (χ3v) is 3.36. The van der Waals surface area contributed by atoms with Gasteiger partial charge in [-0.1, -0.05) is 6.07 Å². The maximum absolute atomic E-state index is 5.54. The molecule has 0 aliphatic rings. The molecule has 0 atom stereocenters. The van der Waals surface area contributed by atoms with Crippen LogP contribution in [0.1, 0.15) is 5.69 Å². The van der Waals surface area contributed by atoms with Crippen LogP contribution in [0.25, 0.3) is 16.5 Å². The lowest BCUT2D eigenvalue weighted by Crippen LogP contribution is -1.97. The Morgan fingerprint density at radius 1 is 1.50 bits per heavy atom. The molecule has 0 amide bonds. The van der Waals surface area contributed by atoms with E-state index in [4.69, 9.17) is 5.73 Å². The first kappa shape index (κ1) is 9.56. The summed E-state index contributed by atoms with van der Waals surface area (Å²) in [5.41, 5.74) is 6.40. The highest BCUT2D eigenvalue weighted by Crippen LogP contribution is 2.23. The molecule has 0 unspecified atom stereocenters. The number of hydrogen-bond acceptors (Lipinski definition) is 4. The SMILES string of the molecule is Cn1c(-c2cccs2)nn2cc(CN)nc12. The van der Waals surface area contributed by atoms with Crippen molar-refractivity contribution in [3.05, 3.63) is 29.4 Å². The van der Waals surface area contributed by atoms with E-state index < -0.39 is 0 Å². The first-order valence-corrected chi connectivity index (χ1v) is 5.82. The minimum atomic E-state index is 0.442. The quantitative estimate of drug-likeness (QED) is 0.724. The molecule has 6 heteroatoms. The van der Waals surface area contributed by atoms with Gasteiger partial charge in [0, 0.05) is 13.6 Å². The maximum Gasteiger partial charge on any atom is 0.232 e. The molecule has 0 aromatic carbocycles. The number of aryl methyl sites for hydroxylation is 1. The van der Waals surface area contributed by atoms with E-state index in [2.05, 4.69) is 16.1 Å². The van der Waals surface area contributed by atoms with Gasteiger partial charge in [0.25, 0.3) is 0 Å². The Kier molecular flexibility index (Phi) is 2.05. The Morgan fingerprint density at radius 2 is 2.38 bits per heavy atom. The van der Waals surface area contributed by atoms with Crippen molar-refractivity contribution in [1.82, 2.24) is 19.2 Å². The summed E-state index contributed by atoms with van der Waals surface area (Å²) < 4.78 is 3.75. The molecule has 16 heavy (non-hydrogen) atoms. The van der Waals surface area contributed by atoms with Crippen LogP contribution >= 0.6 is 11.3 Å². The second-order valence-electron chi connectivity index (χ2n) is 3.54. The predicted octanol–water partition coefficient (Wildman–Crippen LogP) is 1.25. The van der Waals surface area contributed by atoms with Gasteiger partial charge in [-0.3, -0.25) is 4.57 Å². The minimum Gasteiger partial charge on any atom is -0.325 e. The lowest BCUT2D eigenvalue weighted by molar-refractivity contribution is 0.927. The van der Waals surface area contributed by atoms with Crippen molar-refractivity contribution in [3.63, 3.8) is 0 Å². The molecule has 0 aliphatic heterocycles. The van der Waals surface area contributed by atoms with E-state index >= 15 is 0 Å². The summed E-state index contributed by atoms with van der Waals surface area (Å²) >= 11 is 1.67. The molecule has 2 N–H and O–H groups in total. The molecular weight excluding hydrogens is 222 g/mol. The number of thiophene rings is 1. The van der Waals surface area contributed by atoms with E-state index in [-0.39, 0.29) is 0 Å². The Hall–Kier alpha value is -1.66. The van der Waals surface area contributed by atoms with Crippen molar-refractivity contribution in [1.29, 1.82) is 0 Å². The van der Waals surface area contributed by atoms with Gasteiger partial charge in [0.1, 0.15) is 0 Å². The summed E-state index contributed by atoms with van der Waals surface area (Å²) in [6.07, 6.45) is 1.87. The zero-order valence-electron chi connectivity index (χ0n) is 8.79. The second-order valence-corrected chi connectivity index (χ2v) is 4.49. The van der Waals surface area contributed by atoms with Gasteiger partial charge < -0.3 is 5.73 Å². The molecule has 0 spiro atoms. The van der Waals surface area contributed by atoms with E-state index in [1.54, 1.807) is 15.9 Å². The van der Waals surface area contributed by atoms with E-state index in [1.165, 1.54) is 0 Å². The number of aromatic nitrogens is 4. The van der Waals surface area contributed by atoms with Crippen LogP contribution in [-0.4, -0.2) is 19.2 Å². The summed E-state index contributed by atoms with van der Waals surface area (Å²) in [4.78, 5) is 5.55. The smallest absolute Gasteiger partial charge is 0.232 e. The monoisotopic (exact) mass is 233 g/mol. The number of nitrogens with two attached hydrogens (primary N) is 1. The van der Waals surface area contributed by atoms with Crippen molar-refractivity contribution in [2.75, 3.05) is 0 Å². The van der Waals surface area contributed by atoms with Crippen molar-refractivity contribution >= 4 is 17.1 Å². The number of hydrogen-bond donors (Lipinski definition) is 1. The normalized spacial score (nSPS) is 11.4. The van der Waals surface area contributed by atoms with E-state index in [9.17, 15) is 0 Å². The summed E-state index contributed by atoms with van der Waals surface area (Å²) in [6, 6.07) is 4.07. The second kappa shape index (κ2) is 3.43. The van der Waals surface area contributed by atoms with Gasteiger partial charge in [-0.25, -0.2) is 9.50 Å². The average molecular weight is 233 g/mol. The van der Waals surface area contributed by atoms with E-state index in [1.807, 2.05) is 29.3 Å². The maximum atomic E-state index is 5.54. The van der Waals surface area contributed by atoms with Crippen molar-refractivity contribution in [2.45, 2.75) is 6.54 Å². The number of rotatable bonds is 2. The Morgan fingerprint density at radius 3 is 3.00 bits per heavy atom. The van der Waals surface area contributed by atoms with E-state index in [0.29, 0.717) is 6.54 Å². The molecule has 3 aromatic rings. The first-order chi connectivity index (χ1) is 7.79. The Labute approximate surface area is 96.1 Å². The fraction of sp³-hybridized carbons (Fsp3) is 0.200. The van der Waals surface area contributed by atoms with Gasteiger partial charge in [-0.15, -0.1) is 16.4 Å². The number of fused-ring (bicyclic) bond motifs is 1. The molecule has 0 saturated carbocycles.